The van der Waals surface area contributed by atoms with Crippen LogP contribution in [0, 0.1) is 0 Å². The Kier molecular flexibility index (Phi) is 3.17. The maximum atomic E-state index is 5.95. The van der Waals surface area contributed by atoms with E-state index in [2.05, 4.69) is 6.92 Å². The maximum absolute atomic E-state index is 5.95. The fourth-order valence-electron chi connectivity index (χ4n) is 1.77. The van der Waals surface area contributed by atoms with Crippen molar-refractivity contribution in [3.05, 3.63) is 28.8 Å². The van der Waals surface area contributed by atoms with Crippen LogP contribution in [0.15, 0.2) is 18.2 Å². The summed E-state index contributed by atoms with van der Waals surface area (Å²) in [6.07, 6.45) is 2.85. The van der Waals surface area contributed by atoms with Gasteiger partial charge in [0.05, 0.1) is 19.3 Å². The molecule has 0 aromatic heterocycles. The van der Waals surface area contributed by atoms with Crippen molar-refractivity contribution in [2.24, 2.45) is 0 Å². The molecular formula is C12H15ClO2. The fraction of sp³-hybridized carbons (Fsp3) is 0.500. The van der Waals surface area contributed by atoms with Gasteiger partial charge >= 0.3 is 0 Å². The summed E-state index contributed by atoms with van der Waals surface area (Å²) in [5, 5.41) is 0.760. The number of epoxide rings is 1. The SMILES string of the molecule is COc1ccc(Cl)cc1CCC1OC1C. The Morgan fingerprint density at radius 3 is 2.80 bits per heavy atom. The number of rotatable bonds is 4. The van der Waals surface area contributed by atoms with Crippen LogP contribution in [-0.4, -0.2) is 19.3 Å². The van der Waals surface area contributed by atoms with Gasteiger partial charge in [-0.2, -0.15) is 0 Å². The molecule has 15 heavy (non-hydrogen) atoms. The Labute approximate surface area is 95.1 Å². The molecule has 0 bridgehead atoms. The van der Waals surface area contributed by atoms with Crippen molar-refractivity contribution in [1.29, 1.82) is 0 Å². The largest absolute Gasteiger partial charge is 0.496 e. The molecule has 1 aromatic rings. The van der Waals surface area contributed by atoms with Gasteiger partial charge < -0.3 is 9.47 Å². The Morgan fingerprint density at radius 1 is 1.47 bits per heavy atom. The number of benzene rings is 1. The highest BCUT2D eigenvalue weighted by Crippen LogP contribution is 2.29. The zero-order valence-electron chi connectivity index (χ0n) is 9.00. The molecule has 2 rings (SSSR count). The highest BCUT2D eigenvalue weighted by atomic mass is 35.5. The van der Waals surface area contributed by atoms with Crippen LogP contribution in [0.1, 0.15) is 18.9 Å². The summed E-state index contributed by atoms with van der Waals surface area (Å²) in [4.78, 5) is 0. The van der Waals surface area contributed by atoms with E-state index >= 15 is 0 Å². The van der Waals surface area contributed by atoms with Crippen LogP contribution >= 0.6 is 11.6 Å². The third-order valence-corrected chi connectivity index (χ3v) is 3.01. The van der Waals surface area contributed by atoms with Gasteiger partial charge in [0.15, 0.2) is 0 Å². The first kappa shape index (κ1) is 10.8. The fourth-order valence-corrected chi connectivity index (χ4v) is 1.97. The zero-order valence-corrected chi connectivity index (χ0v) is 9.75. The summed E-state index contributed by atoms with van der Waals surface area (Å²) in [7, 11) is 1.68. The number of hydrogen-bond donors (Lipinski definition) is 0. The van der Waals surface area contributed by atoms with Crippen LogP contribution in [0.5, 0.6) is 5.75 Å². The molecule has 1 fully saturated rings. The Hall–Kier alpha value is -0.730. The van der Waals surface area contributed by atoms with E-state index in [1.54, 1.807) is 7.11 Å². The van der Waals surface area contributed by atoms with Gasteiger partial charge in [-0.3, -0.25) is 0 Å². The van der Waals surface area contributed by atoms with Crippen molar-refractivity contribution < 1.29 is 9.47 Å². The minimum Gasteiger partial charge on any atom is -0.496 e. The third kappa shape index (κ3) is 2.64. The van der Waals surface area contributed by atoms with Gasteiger partial charge in [-0.1, -0.05) is 11.6 Å². The highest BCUT2D eigenvalue weighted by molar-refractivity contribution is 6.30. The summed E-state index contributed by atoms with van der Waals surface area (Å²) in [6, 6.07) is 5.72. The number of ether oxygens (including phenoxy) is 2. The molecule has 0 aliphatic carbocycles. The molecule has 2 nitrogen and oxygen atoms in total. The predicted molar refractivity (Wildman–Crippen MR) is 60.7 cm³/mol. The second-order valence-corrected chi connectivity index (χ2v) is 4.31. The van der Waals surface area contributed by atoms with Crippen LogP contribution in [-0.2, 0) is 11.2 Å². The molecule has 1 heterocycles. The van der Waals surface area contributed by atoms with E-state index < -0.39 is 0 Å². The molecule has 1 aliphatic rings. The van der Waals surface area contributed by atoms with E-state index in [1.807, 2.05) is 18.2 Å². The molecule has 1 aromatic carbocycles. The first-order valence-electron chi connectivity index (χ1n) is 5.18. The van der Waals surface area contributed by atoms with Crippen LogP contribution < -0.4 is 4.74 Å². The molecule has 2 atom stereocenters. The lowest BCUT2D eigenvalue weighted by Crippen LogP contribution is -1.97. The molecule has 82 valence electrons. The van der Waals surface area contributed by atoms with Gasteiger partial charge in [-0.15, -0.1) is 0 Å². The van der Waals surface area contributed by atoms with E-state index in [4.69, 9.17) is 21.1 Å². The minimum atomic E-state index is 0.425. The smallest absolute Gasteiger partial charge is 0.122 e. The molecule has 0 spiro atoms. The Morgan fingerprint density at radius 2 is 2.20 bits per heavy atom. The second kappa shape index (κ2) is 4.42. The van der Waals surface area contributed by atoms with Gasteiger partial charge in [0.2, 0.25) is 0 Å². The van der Waals surface area contributed by atoms with Crippen molar-refractivity contribution >= 4 is 11.6 Å². The summed E-state index contributed by atoms with van der Waals surface area (Å²) in [6.45, 7) is 2.10. The van der Waals surface area contributed by atoms with Crippen LogP contribution in [0.3, 0.4) is 0 Å². The molecule has 0 amide bonds. The van der Waals surface area contributed by atoms with Gasteiger partial charge in [0.1, 0.15) is 5.75 Å². The summed E-state index contributed by atoms with van der Waals surface area (Å²) < 4.78 is 10.6. The quantitative estimate of drug-likeness (QED) is 0.736. The molecule has 0 radical (unpaired) electrons. The number of methoxy groups -OCH3 is 1. The monoisotopic (exact) mass is 226 g/mol. The molecule has 3 heteroatoms. The standard InChI is InChI=1S/C12H15ClO2/c1-8-11(15-8)5-3-9-7-10(13)4-6-12(9)14-2/h4,6-8,11H,3,5H2,1-2H3. The second-order valence-electron chi connectivity index (χ2n) is 3.87. The van der Waals surface area contributed by atoms with Crippen molar-refractivity contribution in [2.75, 3.05) is 7.11 Å². The van der Waals surface area contributed by atoms with Crippen molar-refractivity contribution in [3.8, 4) is 5.75 Å². The average Bonchev–Trinajstić information content (AvgIpc) is 2.92. The molecule has 1 saturated heterocycles. The van der Waals surface area contributed by atoms with E-state index in [-0.39, 0.29) is 0 Å². The van der Waals surface area contributed by atoms with E-state index in [0.717, 1.165) is 29.2 Å². The van der Waals surface area contributed by atoms with Gasteiger partial charge in [0, 0.05) is 5.02 Å². The van der Waals surface area contributed by atoms with E-state index in [1.165, 1.54) is 0 Å². The molecule has 0 N–H and O–H groups in total. The predicted octanol–water partition coefficient (Wildman–Crippen LogP) is 3.07. The Balaban J connectivity index is 2.01. The normalized spacial score (nSPS) is 23.9. The van der Waals surface area contributed by atoms with E-state index in [9.17, 15) is 0 Å². The summed E-state index contributed by atoms with van der Waals surface area (Å²) >= 11 is 5.95. The van der Waals surface area contributed by atoms with Crippen molar-refractivity contribution in [1.82, 2.24) is 0 Å². The van der Waals surface area contributed by atoms with Crippen molar-refractivity contribution in [3.63, 3.8) is 0 Å². The van der Waals surface area contributed by atoms with Crippen LogP contribution in [0.2, 0.25) is 5.02 Å². The minimum absolute atomic E-state index is 0.425. The average molecular weight is 227 g/mol. The molecule has 0 saturated carbocycles. The van der Waals surface area contributed by atoms with Crippen LogP contribution in [0.25, 0.3) is 0 Å². The van der Waals surface area contributed by atoms with Gasteiger partial charge in [0.25, 0.3) is 0 Å². The number of hydrogen-bond acceptors (Lipinski definition) is 2. The first-order valence-corrected chi connectivity index (χ1v) is 5.56. The van der Waals surface area contributed by atoms with Crippen LogP contribution in [0.4, 0.5) is 0 Å². The lowest BCUT2D eigenvalue weighted by atomic mass is 10.1. The molecular weight excluding hydrogens is 212 g/mol. The Bertz CT molecular complexity index is 351. The van der Waals surface area contributed by atoms with Gasteiger partial charge in [-0.25, -0.2) is 0 Å². The summed E-state index contributed by atoms with van der Waals surface area (Å²) in [5.74, 6) is 0.910. The maximum Gasteiger partial charge on any atom is 0.122 e. The molecule has 2 unspecified atom stereocenters. The third-order valence-electron chi connectivity index (χ3n) is 2.78. The molecule has 1 aliphatic heterocycles. The highest BCUT2D eigenvalue weighted by Gasteiger charge is 2.33. The van der Waals surface area contributed by atoms with E-state index in [0.29, 0.717) is 12.2 Å². The first-order chi connectivity index (χ1) is 7.20. The lowest BCUT2D eigenvalue weighted by Gasteiger charge is -2.07. The topological polar surface area (TPSA) is 21.8 Å². The zero-order chi connectivity index (χ0) is 10.8. The van der Waals surface area contributed by atoms with Gasteiger partial charge in [-0.05, 0) is 43.5 Å². The van der Waals surface area contributed by atoms with Crippen molar-refractivity contribution in [2.45, 2.75) is 32.0 Å². The lowest BCUT2D eigenvalue weighted by molar-refractivity contribution is 0.368. The number of aryl methyl sites for hydroxylation is 1. The summed E-state index contributed by atoms with van der Waals surface area (Å²) in [5.41, 5.74) is 1.16. The number of halogens is 1.